The summed E-state index contributed by atoms with van der Waals surface area (Å²) < 4.78 is 5.20. The van der Waals surface area contributed by atoms with Crippen molar-refractivity contribution in [3.8, 4) is 0 Å². The summed E-state index contributed by atoms with van der Waals surface area (Å²) in [6, 6.07) is 2.01. The van der Waals surface area contributed by atoms with E-state index in [1.54, 1.807) is 0 Å². The minimum Gasteiger partial charge on any atom is -0.360 e. The summed E-state index contributed by atoms with van der Waals surface area (Å²) in [6.45, 7) is 5.92. The molecule has 1 fully saturated rings. The van der Waals surface area contributed by atoms with Gasteiger partial charge in [0.25, 0.3) is 0 Å². The van der Waals surface area contributed by atoms with Gasteiger partial charge < -0.3 is 10.3 Å². The third-order valence-electron chi connectivity index (χ3n) is 3.10. The van der Waals surface area contributed by atoms with Crippen LogP contribution in [-0.2, 0) is 6.54 Å². The van der Waals surface area contributed by atoms with E-state index in [4.69, 9.17) is 10.3 Å². The Morgan fingerprint density at radius 3 is 2.80 bits per heavy atom. The summed E-state index contributed by atoms with van der Waals surface area (Å²) >= 11 is 0. The molecule has 2 N–H and O–H groups in total. The molecule has 1 saturated heterocycles. The Morgan fingerprint density at radius 1 is 1.53 bits per heavy atom. The molecule has 0 radical (unpaired) electrons. The van der Waals surface area contributed by atoms with Crippen LogP contribution in [0.4, 0.5) is 0 Å². The molecular formula is C11H19N3O. The molecule has 4 nitrogen and oxygen atoms in total. The smallest absolute Gasteiger partial charge is 0.150 e. The van der Waals surface area contributed by atoms with Crippen molar-refractivity contribution in [1.29, 1.82) is 0 Å². The zero-order valence-electron chi connectivity index (χ0n) is 9.28. The molecule has 2 heterocycles. The summed E-state index contributed by atoms with van der Waals surface area (Å²) in [7, 11) is 0. The van der Waals surface area contributed by atoms with Crippen molar-refractivity contribution in [3.63, 3.8) is 0 Å². The summed E-state index contributed by atoms with van der Waals surface area (Å²) in [5.41, 5.74) is 6.62. The zero-order valence-corrected chi connectivity index (χ0v) is 9.28. The predicted octanol–water partition coefficient (Wildman–Crippen LogP) is 1.15. The molecule has 0 amide bonds. The van der Waals surface area contributed by atoms with Crippen LogP contribution in [0.2, 0.25) is 0 Å². The molecule has 0 spiro atoms. The summed E-state index contributed by atoms with van der Waals surface area (Å²) in [5, 5.41) is 3.89. The minimum atomic E-state index is 0.720. The second-order valence-corrected chi connectivity index (χ2v) is 4.39. The number of nitrogens with two attached hydrogens (primary N) is 1. The largest absolute Gasteiger partial charge is 0.360 e. The van der Waals surface area contributed by atoms with Crippen LogP contribution in [0.25, 0.3) is 0 Å². The van der Waals surface area contributed by atoms with Crippen LogP contribution in [-0.4, -0.2) is 29.7 Å². The van der Waals surface area contributed by atoms with Crippen LogP contribution in [0, 0.1) is 12.8 Å². The fraction of sp³-hybridized carbons (Fsp3) is 0.727. The van der Waals surface area contributed by atoms with E-state index >= 15 is 0 Å². The molecule has 1 aliphatic heterocycles. The van der Waals surface area contributed by atoms with Crippen molar-refractivity contribution in [3.05, 3.63) is 17.5 Å². The normalized spacial score (nSPS) is 19.6. The average Bonchev–Trinajstić information content (AvgIpc) is 2.65. The first-order valence-electron chi connectivity index (χ1n) is 5.62. The van der Waals surface area contributed by atoms with Gasteiger partial charge in [0.1, 0.15) is 0 Å². The van der Waals surface area contributed by atoms with Gasteiger partial charge in [0.2, 0.25) is 0 Å². The van der Waals surface area contributed by atoms with Crippen LogP contribution >= 0.6 is 0 Å². The fourth-order valence-electron chi connectivity index (χ4n) is 2.09. The topological polar surface area (TPSA) is 55.3 Å². The molecule has 84 valence electrons. The lowest BCUT2D eigenvalue weighted by atomic mass is 9.97. The fourth-order valence-corrected chi connectivity index (χ4v) is 2.09. The Bertz CT molecular complexity index is 303. The Hall–Kier alpha value is -0.870. The summed E-state index contributed by atoms with van der Waals surface area (Å²) in [4.78, 5) is 2.41. The third-order valence-corrected chi connectivity index (χ3v) is 3.10. The molecule has 15 heavy (non-hydrogen) atoms. The van der Waals surface area contributed by atoms with Gasteiger partial charge in [-0.1, -0.05) is 5.16 Å². The van der Waals surface area contributed by atoms with Crippen molar-refractivity contribution >= 4 is 0 Å². The van der Waals surface area contributed by atoms with E-state index in [1.807, 2.05) is 13.0 Å². The zero-order chi connectivity index (χ0) is 10.7. The van der Waals surface area contributed by atoms with Gasteiger partial charge in [-0.2, -0.15) is 0 Å². The quantitative estimate of drug-likeness (QED) is 0.811. The lowest BCUT2D eigenvalue weighted by Gasteiger charge is -2.30. The number of piperidine rings is 1. The summed E-state index contributed by atoms with van der Waals surface area (Å²) in [6.07, 6.45) is 2.42. The van der Waals surface area contributed by atoms with E-state index in [1.165, 1.54) is 12.8 Å². The molecule has 0 aromatic carbocycles. The van der Waals surface area contributed by atoms with Gasteiger partial charge in [-0.15, -0.1) is 0 Å². The van der Waals surface area contributed by atoms with Crippen molar-refractivity contribution in [1.82, 2.24) is 10.1 Å². The van der Waals surface area contributed by atoms with Gasteiger partial charge in [0, 0.05) is 6.07 Å². The van der Waals surface area contributed by atoms with Crippen LogP contribution in [0.3, 0.4) is 0 Å². The van der Waals surface area contributed by atoms with Crippen LogP contribution < -0.4 is 5.73 Å². The van der Waals surface area contributed by atoms with E-state index in [0.717, 1.165) is 43.6 Å². The molecule has 0 saturated carbocycles. The molecule has 1 aromatic rings. The molecule has 2 rings (SSSR count). The first kappa shape index (κ1) is 10.6. The molecule has 0 atom stereocenters. The Morgan fingerprint density at radius 2 is 2.27 bits per heavy atom. The van der Waals surface area contributed by atoms with Gasteiger partial charge in [-0.3, -0.25) is 4.90 Å². The minimum absolute atomic E-state index is 0.720. The first-order chi connectivity index (χ1) is 7.28. The number of aromatic nitrogens is 1. The van der Waals surface area contributed by atoms with Crippen LogP contribution in [0.5, 0.6) is 0 Å². The van der Waals surface area contributed by atoms with E-state index in [-0.39, 0.29) is 0 Å². The van der Waals surface area contributed by atoms with Gasteiger partial charge in [0.05, 0.1) is 12.2 Å². The van der Waals surface area contributed by atoms with E-state index in [0.29, 0.717) is 0 Å². The van der Waals surface area contributed by atoms with Crippen LogP contribution in [0.1, 0.15) is 24.3 Å². The van der Waals surface area contributed by atoms with E-state index in [2.05, 4.69) is 10.1 Å². The molecule has 0 unspecified atom stereocenters. The van der Waals surface area contributed by atoms with Gasteiger partial charge >= 0.3 is 0 Å². The lowest BCUT2D eigenvalue weighted by molar-refractivity contribution is 0.164. The van der Waals surface area contributed by atoms with Crippen LogP contribution in [0.15, 0.2) is 10.6 Å². The highest BCUT2D eigenvalue weighted by Gasteiger charge is 2.18. The SMILES string of the molecule is Cc1cc(CN2CCC(CN)CC2)on1. The van der Waals surface area contributed by atoms with Crippen molar-refractivity contribution in [2.75, 3.05) is 19.6 Å². The maximum atomic E-state index is 5.66. The Labute approximate surface area is 90.4 Å². The molecule has 0 bridgehead atoms. The number of hydrogen-bond donors (Lipinski definition) is 1. The molecule has 1 aromatic heterocycles. The molecule has 1 aliphatic rings. The Kier molecular flexibility index (Phi) is 3.38. The van der Waals surface area contributed by atoms with Crippen molar-refractivity contribution in [2.45, 2.75) is 26.3 Å². The first-order valence-corrected chi connectivity index (χ1v) is 5.62. The molecule has 4 heteroatoms. The standard InChI is InChI=1S/C11H19N3O/c1-9-6-11(15-13-9)8-14-4-2-10(7-12)3-5-14/h6,10H,2-5,7-8,12H2,1H3. The molecular weight excluding hydrogens is 190 g/mol. The van der Waals surface area contributed by atoms with Gasteiger partial charge in [0.15, 0.2) is 5.76 Å². The highest BCUT2D eigenvalue weighted by molar-refractivity contribution is 5.02. The highest BCUT2D eigenvalue weighted by Crippen LogP contribution is 2.17. The number of rotatable bonds is 3. The second kappa shape index (κ2) is 4.77. The molecule has 0 aliphatic carbocycles. The highest BCUT2D eigenvalue weighted by atomic mass is 16.5. The average molecular weight is 209 g/mol. The summed E-state index contributed by atoms with van der Waals surface area (Å²) in [5.74, 6) is 1.69. The predicted molar refractivity (Wildman–Crippen MR) is 58.3 cm³/mol. The third kappa shape index (κ3) is 2.79. The number of nitrogens with zero attached hydrogens (tertiary/aromatic N) is 2. The maximum Gasteiger partial charge on any atom is 0.150 e. The van der Waals surface area contributed by atoms with E-state index in [9.17, 15) is 0 Å². The lowest BCUT2D eigenvalue weighted by Crippen LogP contribution is -2.35. The van der Waals surface area contributed by atoms with Crippen molar-refractivity contribution in [2.24, 2.45) is 11.7 Å². The second-order valence-electron chi connectivity index (χ2n) is 4.39. The van der Waals surface area contributed by atoms with E-state index < -0.39 is 0 Å². The maximum absolute atomic E-state index is 5.66. The monoisotopic (exact) mass is 209 g/mol. The van der Waals surface area contributed by atoms with Gasteiger partial charge in [-0.25, -0.2) is 0 Å². The number of likely N-dealkylation sites (tertiary alicyclic amines) is 1. The number of aryl methyl sites for hydroxylation is 1. The Balaban J connectivity index is 1.82. The number of hydrogen-bond acceptors (Lipinski definition) is 4. The van der Waals surface area contributed by atoms with Gasteiger partial charge in [-0.05, 0) is 45.3 Å². The van der Waals surface area contributed by atoms with Crippen molar-refractivity contribution < 1.29 is 4.52 Å².